The van der Waals surface area contributed by atoms with Crippen LogP contribution in [0, 0.1) is 5.92 Å². The van der Waals surface area contributed by atoms with Gasteiger partial charge in [0.05, 0.1) is 0 Å². The van der Waals surface area contributed by atoms with E-state index < -0.39 is 0 Å². The molecular formula is C16H25N3O. The van der Waals surface area contributed by atoms with Crippen molar-refractivity contribution in [2.75, 3.05) is 26.0 Å². The molecule has 0 unspecified atom stereocenters. The number of pyridine rings is 1. The summed E-state index contributed by atoms with van der Waals surface area (Å²) < 4.78 is 0. The average Bonchev–Trinajstić information content (AvgIpc) is 2.98. The fraction of sp³-hybridized carbons (Fsp3) is 0.625. The van der Waals surface area contributed by atoms with E-state index in [9.17, 15) is 4.79 Å². The van der Waals surface area contributed by atoms with Crippen LogP contribution in [-0.2, 0) is 6.42 Å². The quantitative estimate of drug-likeness (QED) is 0.898. The maximum atomic E-state index is 12.5. The molecule has 4 heteroatoms. The van der Waals surface area contributed by atoms with Gasteiger partial charge in [0.1, 0.15) is 5.82 Å². The number of amides is 1. The molecule has 1 amide bonds. The summed E-state index contributed by atoms with van der Waals surface area (Å²) in [5.74, 6) is 1.55. The van der Waals surface area contributed by atoms with Crippen LogP contribution in [-0.4, -0.2) is 36.4 Å². The number of carbonyl (C=O) groups excluding carboxylic acids is 1. The van der Waals surface area contributed by atoms with Crippen molar-refractivity contribution in [2.24, 2.45) is 5.92 Å². The van der Waals surface area contributed by atoms with Gasteiger partial charge in [0.15, 0.2) is 0 Å². The van der Waals surface area contributed by atoms with Crippen molar-refractivity contribution in [2.45, 2.75) is 39.0 Å². The van der Waals surface area contributed by atoms with Crippen molar-refractivity contribution in [1.82, 2.24) is 9.88 Å². The van der Waals surface area contributed by atoms with Crippen LogP contribution in [0.3, 0.4) is 0 Å². The van der Waals surface area contributed by atoms with E-state index >= 15 is 0 Å². The first-order valence-corrected chi connectivity index (χ1v) is 7.58. The van der Waals surface area contributed by atoms with Crippen LogP contribution >= 0.6 is 0 Å². The summed E-state index contributed by atoms with van der Waals surface area (Å²) in [5.41, 5.74) is 1.69. The predicted molar refractivity (Wildman–Crippen MR) is 82.1 cm³/mol. The van der Waals surface area contributed by atoms with Crippen LogP contribution in [0.15, 0.2) is 12.1 Å². The minimum atomic E-state index is 0.102. The van der Waals surface area contributed by atoms with Crippen molar-refractivity contribution in [3.63, 3.8) is 0 Å². The highest BCUT2D eigenvalue weighted by Crippen LogP contribution is 2.25. The molecule has 1 aromatic heterocycles. The zero-order valence-electron chi connectivity index (χ0n) is 12.8. The van der Waals surface area contributed by atoms with Crippen LogP contribution in [0.1, 0.15) is 48.7 Å². The molecule has 1 aliphatic carbocycles. The van der Waals surface area contributed by atoms with Gasteiger partial charge in [-0.1, -0.05) is 19.8 Å². The fourth-order valence-electron chi connectivity index (χ4n) is 2.90. The summed E-state index contributed by atoms with van der Waals surface area (Å²) >= 11 is 0. The summed E-state index contributed by atoms with van der Waals surface area (Å²) in [7, 11) is 3.74. The summed E-state index contributed by atoms with van der Waals surface area (Å²) in [6, 6.07) is 3.75. The van der Waals surface area contributed by atoms with Crippen LogP contribution in [0.4, 0.5) is 5.82 Å². The second-order valence-electron chi connectivity index (χ2n) is 5.67. The van der Waals surface area contributed by atoms with Crippen molar-refractivity contribution < 1.29 is 4.79 Å². The average molecular weight is 275 g/mol. The van der Waals surface area contributed by atoms with Gasteiger partial charge in [0.2, 0.25) is 0 Å². The van der Waals surface area contributed by atoms with E-state index in [1.165, 1.54) is 25.7 Å². The minimum absolute atomic E-state index is 0.102. The van der Waals surface area contributed by atoms with Gasteiger partial charge in [-0.2, -0.15) is 0 Å². The van der Waals surface area contributed by atoms with Gasteiger partial charge in [-0.05, 0) is 37.3 Å². The molecule has 1 aliphatic rings. The number of aromatic nitrogens is 1. The lowest BCUT2D eigenvalue weighted by atomic mass is 10.1. The van der Waals surface area contributed by atoms with Gasteiger partial charge in [0, 0.05) is 31.9 Å². The first-order valence-electron chi connectivity index (χ1n) is 7.58. The Morgan fingerprint density at radius 2 is 2.10 bits per heavy atom. The van der Waals surface area contributed by atoms with Gasteiger partial charge in [0.25, 0.3) is 5.91 Å². The van der Waals surface area contributed by atoms with Crippen molar-refractivity contribution in [1.29, 1.82) is 0 Å². The van der Waals surface area contributed by atoms with Crippen molar-refractivity contribution >= 4 is 11.7 Å². The Hall–Kier alpha value is -1.58. The molecule has 0 aliphatic heterocycles. The number of nitrogens with zero attached hydrogens (tertiary/aromatic N) is 2. The number of hydrogen-bond acceptors (Lipinski definition) is 3. The maximum Gasteiger partial charge on any atom is 0.253 e. The smallest absolute Gasteiger partial charge is 0.253 e. The molecule has 1 saturated carbocycles. The highest BCUT2D eigenvalue weighted by atomic mass is 16.2. The monoisotopic (exact) mass is 275 g/mol. The largest absolute Gasteiger partial charge is 0.373 e. The topological polar surface area (TPSA) is 45.2 Å². The van der Waals surface area contributed by atoms with Crippen LogP contribution < -0.4 is 5.32 Å². The Bertz CT molecular complexity index is 445. The van der Waals surface area contributed by atoms with E-state index in [1.807, 2.05) is 31.1 Å². The zero-order chi connectivity index (χ0) is 14.5. The lowest BCUT2D eigenvalue weighted by Crippen LogP contribution is -2.31. The third-order valence-electron chi connectivity index (χ3n) is 4.10. The fourth-order valence-corrected chi connectivity index (χ4v) is 2.90. The number of carbonyl (C=O) groups is 1. The molecule has 1 N–H and O–H groups in total. The molecule has 110 valence electrons. The maximum absolute atomic E-state index is 12.5. The first kappa shape index (κ1) is 14.8. The van der Waals surface area contributed by atoms with E-state index in [0.717, 1.165) is 30.0 Å². The molecule has 1 heterocycles. The van der Waals surface area contributed by atoms with E-state index in [0.29, 0.717) is 5.92 Å². The Kier molecular flexibility index (Phi) is 4.99. The molecule has 0 atom stereocenters. The Morgan fingerprint density at radius 3 is 2.70 bits per heavy atom. The third-order valence-corrected chi connectivity index (χ3v) is 4.10. The van der Waals surface area contributed by atoms with Gasteiger partial charge in [-0.15, -0.1) is 0 Å². The lowest BCUT2D eigenvalue weighted by Gasteiger charge is -2.21. The molecular weight excluding hydrogens is 250 g/mol. The Labute approximate surface area is 121 Å². The third kappa shape index (κ3) is 3.50. The molecule has 0 spiro atoms. The summed E-state index contributed by atoms with van der Waals surface area (Å²) in [4.78, 5) is 18.8. The normalized spacial score (nSPS) is 15.3. The molecule has 1 aromatic rings. The molecule has 4 nitrogen and oxygen atoms in total. The lowest BCUT2D eigenvalue weighted by molar-refractivity contribution is 0.0773. The molecule has 0 saturated heterocycles. The standard InChI is InChI=1S/C16H25N3O/c1-4-14-9-13(10-15(17-2)18-14)16(20)19(3)11-12-7-5-6-8-12/h9-10,12H,4-8,11H2,1-3H3,(H,17,18). The van der Waals surface area contributed by atoms with E-state index in [-0.39, 0.29) is 5.91 Å². The second-order valence-corrected chi connectivity index (χ2v) is 5.67. The summed E-state index contributed by atoms with van der Waals surface area (Å²) in [5, 5.41) is 3.03. The van der Waals surface area contributed by atoms with E-state index in [1.54, 1.807) is 0 Å². The Morgan fingerprint density at radius 1 is 1.40 bits per heavy atom. The van der Waals surface area contributed by atoms with Crippen LogP contribution in [0.5, 0.6) is 0 Å². The van der Waals surface area contributed by atoms with E-state index in [4.69, 9.17) is 0 Å². The van der Waals surface area contributed by atoms with Crippen molar-refractivity contribution in [3.8, 4) is 0 Å². The molecule has 20 heavy (non-hydrogen) atoms. The molecule has 0 aromatic carbocycles. The van der Waals surface area contributed by atoms with Gasteiger partial charge in [-0.3, -0.25) is 4.79 Å². The number of aryl methyl sites for hydroxylation is 1. The Balaban J connectivity index is 2.10. The van der Waals surface area contributed by atoms with Crippen LogP contribution in [0.25, 0.3) is 0 Å². The molecule has 0 radical (unpaired) electrons. The number of hydrogen-bond donors (Lipinski definition) is 1. The highest BCUT2D eigenvalue weighted by molar-refractivity contribution is 5.94. The summed E-state index contributed by atoms with van der Waals surface area (Å²) in [6.07, 6.45) is 5.98. The van der Waals surface area contributed by atoms with Gasteiger partial charge >= 0.3 is 0 Å². The first-order chi connectivity index (χ1) is 9.63. The zero-order valence-corrected chi connectivity index (χ0v) is 12.8. The second kappa shape index (κ2) is 6.73. The minimum Gasteiger partial charge on any atom is -0.373 e. The molecule has 1 fully saturated rings. The van der Waals surface area contributed by atoms with E-state index in [2.05, 4.69) is 17.2 Å². The predicted octanol–water partition coefficient (Wildman–Crippen LogP) is 2.95. The van der Waals surface area contributed by atoms with Gasteiger partial charge < -0.3 is 10.2 Å². The van der Waals surface area contributed by atoms with Crippen LogP contribution in [0.2, 0.25) is 0 Å². The molecule has 0 bridgehead atoms. The summed E-state index contributed by atoms with van der Waals surface area (Å²) in [6.45, 7) is 2.93. The van der Waals surface area contributed by atoms with Crippen molar-refractivity contribution in [3.05, 3.63) is 23.4 Å². The highest BCUT2D eigenvalue weighted by Gasteiger charge is 2.20. The molecule has 2 rings (SSSR count). The number of rotatable bonds is 5. The van der Waals surface area contributed by atoms with Gasteiger partial charge in [-0.25, -0.2) is 4.98 Å². The SMILES string of the molecule is CCc1cc(C(=O)N(C)CC2CCCC2)cc(NC)n1. The number of nitrogens with one attached hydrogen (secondary N) is 1. The number of anilines is 1.